The minimum atomic E-state index is -0.0180. The van der Waals surface area contributed by atoms with Crippen molar-refractivity contribution in [3.8, 4) is 0 Å². The fraction of sp³-hybridized carbons (Fsp3) is 0.385. The van der Waals surface area contributed by atoms with Gasteiger partial charge in [-0.3, -0.25) is 0 Å². The topological polar surface area (TPSA) is 63.0 Å². The third kappa shape index (κ3) is 3.38. The minimum absolute atomic E-state index is 0.0180. The van der Waals surface area contributed by atoms with Gasteiger partial charge in [0.25, 0.3) is 0 Å². The maximum atomic E-state index is 6.09. The van der Waals surface area contributed by atoms with Gasteiger partial charge in [0.2, 0.25) is 5.95 Å². The van der Waals surface area contributed by atoms with E-state index < -0.39 is 0 Å². The number of nitrogens with one attached hydrogen (secondary N) is 2. The van der Waals surface area contributed by atoms with Gasteiger partial charge in [0, 0.05) is 6.54 Å². The van der Waals surface area contributed by atoms with Crippen molar-refractivity contribution in [2.45, 2.75) is 26.8 Å². The number of hydrogen-bond acceptors (Lipinski definition) is 5. The Hall–Kier alpha value is -1.75. The van der Waals surface area contributed by atoms with Crippen molar-refractivity contribution in [3.05, 3.63) is 34.9 Å². The molecule has 2 aromatic rings. The lowest BCUT2D eigenvalue weighted by Gasteiger charge is -2.14. The second kappa shape index (κ2) is 5.93. The number of anilines is 2. The molecule has 0 spiro atoms. The van der Waals surface area contributed by atoms with Gasteiger partial charge in [0.1, 0.15) is 16.5 Å². The summed E-state index contributed by atoms with van der Waals surface area (Å²) in [6.45, 7) is 6.65. The summed E-state index contributed by atoms with van der Waals surface area (Å²) in [5.74, 6) is 2.87. The summed E-state index contributed by atoms with van der Waals surface area (Å²) in [5, 5.41) is 6.75. The summed E-state index contributed by atoms with van der Waals surface area (Å²) >= 11 is 6.09. The van der Waals surface area contributed by atoms with Crippen LogP contribution in [0, 0.1) is 6.92 Å². The van der Waals surface area contributed by atoms with E-state index in [1.807, 2.05) is 32.9 Å². The van der Waals surface area contributed by atoms with E-state index in [2.05, 4.69) is 20.6 Å². The van der Waals surface area contributed by atoms with Crippen LogP contribution in [0.3, 0.4) is 0 Å². The Morgan fingerprint density at radius 2 is 2.21 bits per heavy atom. The van der Waals surface area contributed by atoms with Crippen LogP contribution < -0.4 is 10.6 Å². The first-order valence-corrected chi connectivity index (χ1v) is 6.57. The number of hydrogen-bond donors (Lipinski definition) is 2. The van der Waals surface area contributed by atoms with Crippen molar-refractivity contribution in [2.75, 3.05) is 17.2 Å². The summed E-state index contributed by atoms with van der Waals surface area (Å²) in [6.07, 6.45) is 1.58. The fourth-order valence-corrected chi connectivity index (χ4v) is 1.82. The number of aromatic nitrogens is 2. The van der Waals surface area contributed by atoms with Crippen molar-refractivity contribution in [1.82, 2.24) is 9.97 Å². The van der Waals surface area contributed by atoms with Crippen LogP contribution in [0.1, 0.15) is 31.4 Å². The third-order valence-electron chi connectivity index (χ3n) is 2.62. The molecule has 0 saturated carbocycles. The van der Waals surface area contributed by atoms with E-state index >= 15 is 0 Å². The standard InChI is InChI=1S/C13H17ClN4O/c1-4-15-13-16-7-10(14)12(18-13)17-9(3)11-6-5-8(2)19-11/h5-7,9H,4H2,1-3H3,(H2,15,16,17,18). The summed E-state index contributed by atoms with van der Waals surface area (Å²) in [6, 6.07) is 3.85. The van der Waals surface area contributed by atoms with E-state index in [9.17, 15) is 0 Å². The van der Waals surface area contributed by atoms with E-state index in [4.69, 9.17) is 16.0 Å². The first-order chi connectivity index (χ1) is 9.10. The Morgan fingerprint density at radius 1 is 1.42 bits per heavy atom. The van der Waals surface area contributed by atoms with E-state index in [1.54, 1.807) is 6.20 Å². The minimum Gasteiger partial charge on any atom is -0.464 e. The van der Waals surface area contributed by atoms with Crippen molar-refractivity contribution in [2.24, 2.45) is 0 Å². The zero-order valence-corrected chi connectivity index (χ0v) is 12.0. The predicted octanol–water partition coefficient (Wildman–Crippen LogP) is 3.64. The molecule has 1 atom stereocenters. The molecule has 2 aromatic heterocycles. The summed E-state index contributed by atoms with van der Waals surface area (Å²) < 4.78 is 5.57. The molecule has 0 aliphatic carbocycles. The molecule has 0 fully saturated rings. The fourth-order valence-electron chi connectivity index (χ4n) is 1.67. The molecule has 0 aliphatic rings. The zero-order valence-electron chi connectivity index (χ0n) is 11.2. The van der Waals surface area contributed by atoms with E-state index in [0.29, 0.717) is 16.8 Å². The molecule has 6 heteroatoms. The number of halogens is 1. The second-order valence-corrected chi connectivity index (χ2v) is 4.64. The zero-order chi connectivity index (χ0) is 13.8. The summed E-state index contributed by atoms with van der Waals surface area (Å²) in [7, 11) is 0. The van der Waals surface area contributed by atoms with Gasteiger partial charge >= 0.3 is 0 Å². The van der Waals surface area contributed by atoms with Gasteiger partial charge in [-0.2, -0.15) is 4.98 Å². The lowest BCUT2D eigenvalue weighted by atomic mass is 10.2. The number of rotatable bonds is 5. The highest BCUT2D eigenvalue weighted by molar-refractivity contribution is 6.32. The number of nitrogens with zero attached hydrogens (tertiary/aromatic N) is 2. The molecular weight excluding hydrogens is 264 g/mol. The van der Waals surface area contributed by atoms with Gasteiger partial charge in [-0.05, 0) is 32.9 Å². The van der Waals surface area contributed by atoms with E-state index in [-0.39, 0.29) is 6.04 Å². The lowest BCUT2D eigenvalue weighted by Crippen LogP contribution is -2.10. The Balaban J connectivity index is 2.15. The molecule has 19 heavy (non-hydrogen) atoms. The highest BCUT2D eigenvalue weighted by atomic mass is 35.5. The van der Waals surface area contributed by atoms with Gasteiger partial charge in [0.15, 0.2) is 5.82 Å². The van der Waals surface area contributed by atoms with Crippen LogP contribution in [-0.2, 0) is 0 Å². The van der Waals surface area contributed by atoms with Crippen LogP contribution in [-0.4, -0.2) is 16.5 Å². The van der Waals surface area contributed by atoms with Gasteiger partial charge < -0.3 is 15.1 Å². The molecule has 0 saturated heterocycles. The number of aryl methyl sites for hydroxylation is 1. The normalized spacial score (nSPS) is 12.2. The Labute approximate surface area is 117 Å². The van der Waals surface area contributed by atoms with Gasteiger partial charge in [-0.25, -0.2) is 4.98 Å². The predicted molar refractivity (Wildman–Crippen MR) is 76.7 cm³/mol. The van der Waals surface area contributed by atoms with Gasteiger partial charge in [0.05, 0.1) is 12.2 Å². The molecule has 0 aliphatic heterocycles. The molecule has 1 unspecified atom stereocenters. The van der Waals surface area contributed by atoms with Crippen LogP contribution >= 0.6 is 11.6 Å². The molecule has 102 valence electrons. The largest absolute Gasteiger partial charge is 0.464 e. The smallest absolute Gasteiger partial charge is 0.224 e. The first kappa shape index (κ1) is 13.7. The molecule has 0 aromatic carbocycles. The van der Waals surface area contributed by atoms with Gasteiger partial charge in [-0.1, -0.05) is 11.6 Å². The lowest BCUT2D eigenvalue weighted by molar-refractivity contribution is 0.466. The third-order valence-corrected chi connectivity index (χ3v) is 2.90. The number of furan rings is 1. The Morgan fingerprint density at radius 3 is 2.84 bits per heavy atom. The molecule has 2 rings (SSSR count). The van der Waals surface area contributed by atoms with Crippen LogP contribution in [0.15, 0.2) is 22.7 Å². The summed E-state index contributed by atoms with van der Waals surface area (Å²) in [5.41, 5.74) is 0. The van der Waals surface area contributed by atoms with Crippen LogP contribution in [0.25, 0.3) is 0 Å². The first-order valence-electron chi connectivity index (χ1n) is 6.19. The highest BCUT2D eigenvalue weighted by Crippen LogP contribution is 2.25. The molecule has 0 bridgehead atoms. The second-order valence-electron chi connectivity index (χ2n) is 4.23. The quantitative estimate of drug-likeness (QED) is 0.875. The Bertz CT molecular complexity index is 555. The monoisotopic (exact) mass is 280 g/mol. The van der Waals surface area contributed by atoms with Crippen LogP contribution in [0.5, 0.6) is 0 Å². The molecule has 5 nitrogen and oxygen atoms in total. The molecular formula is C13H17ClN4O. The van der Waals surface area contributed by atoms with Gasteiger partial charge in [-0.15, -0.1) is 0 Å². The van der Waals surface area contributed by atoms with E-state index in [1.165, 1.54) is 0 Å². The van der Waals surface area contributed by atoms with Crippen LogP contribution in [0.2, 0.25) is 5.02 Å². The average Bonchev–Trinajstić information content (AvgIpc) is 2.80. The molecule has 0 amide bonds. The van der Waals surface area contributed by atoms with Crippen molar-refractivity contribution >= 4 is 23.4 Å². The molecule has 2 N–H and O–H groups in total. The van der Waals surface area contributed by atoms with E-state index in [0.717, 1.165) is 18.1 Å². The maximum absolute atomic E-state index is 6.09. The van der Waals surface area contributed by atoms with Crippen LogP contribution in [0.4, 0.5) is 11.8 Å². The SMILES string of the molecule is CCNc1ncc(Cl)c(NC(C)c2ccc(C)o2)n1. The van der Waals surface area contributed by atoms with Crippen molar-refractivity contribution < 1.29 is 4.42 Å². The van der Waals surface area contributed by atoms with Crippen molar-refractivity contribution in [1.29, 1.82) is 0 Å². The Kier molecular flexibility index (Phi) is 4.27. The highest BCUT2D eigenvalue weighted by Gasteiger charge is 2.13. The molecule has 2 heterocycles. The summed E-state index contributed by atoms with van der Waals surface area (Å²) in [4.78, 5) is 8.42. The molecule has 0 radical (unpaired) electrons. The van der Waals surface area contributed by atoms with Crippen molar-refractivity contribution in [3.63, 3.8) is 0 Å². The average molecular weight is 281 g/mol. The maximum Gasteiger partial charge on any atom is 0.224 e.